The Bertz CT molecular complexity index is 889. The van der Waals surface area contributed by atoms with Gasteiger partial charge in [-0.2, -0.15) is 0 Å². The Morgan fingerprint density at radius 3 is 2.65 bits per heavy atom. The van der Waals surface area contributed by atoms with Gasteiger partial charge in [-0.05, 0) is 43.1 Å². The summed E-state index contributed by atoms with van der Waals surface area (Å²) >= 11 is 0. The summed E-state index contributed by atoms with van der Waals surface area (Å²) in [5, 5.41) is 15.0. The number of carbonyl (C=O) groups excluding carboxylic acids is 2. The summed E-state index contributed by atoms with van der Waals surface area (Å²) in [7, 11) is 1.37. The van der Waals surface area contributed by atoms with E-state index in [1.807, 2.05) is 48.5 Å². The molecule has 1 unspecified atom stereocenters. The third-order valence-electron chi connectivity index (χ3n) is 5.76. The van der Waals surface area contributed by atoms with E-state index in [1.165, 1.54) is 7.11 Å². The molecule has 1 amide bonds. The number of ether oxygens (including phenoxy) is 1. The van der Waals surface area contributed by atoms with Gasteiger partial charge in [0.2, 0.25) is 0 Å². The minimum absolute atomic E-state index is 0.0745. The first kappa shape index (κ1) is 22.9. The zero-order valence-corrected chi connectivity index (χ0v) is 17.9. The summed E-state index contributed by atoms with van der Waals surface area (Å²) in [5.41, 5.74) is 6.60. The smallest absolute Gasteiger partial charge is 0.307 e. The average molecular weight is 426 g/mol. The maximum atomic E-state index is 12.8. The number of benzene rings is 2. The molecule has 2 aromatic carbocycles. The molecule has 0 aliphatic carbocycles. The number of nitrogens with two attached hydrogens (primary N) is 1. The summed E-state index contributed by atoms with van der Waals surface area (Å²) in [5.74, 6) is -0.379. The van der Waals surface area contributed by atoms with E-state index in [9.17, 15) is 14.7 Å². The predicted molar refractivity (Wildman–Crippen MR) is 118 cm³/mol. The Balaban J connectivity index is 1.75. The molecule has 0 saturated heterocycles. The number of nitrogens with one attached hydrogen (secondary N) is 1. The normalized spacial score (nSPS) is 19.1. The molecule has 0 aromatic heterocycles. The van der Waals surface area contributed by atoms with E-state index in [1.54, 1.807) is 11.0 Å². The van der Waals surface area contributed by atoms with Crippen LogP contribution in [0.1, 0.15) is 46.8 Å². The maximum absolute atomic E-state index is 12.8. The maximum Gasteiger partial charge on any atom is 0.307 e. The number of nitrogens with zero attached hydrogens (tertiary/aromatic N) is 1. The summed E-state index contributed by atoms with van der Waals surface area (Å²) in [4.78, 5) is 26.4. The fraction of sp³-hybridized carbons (Fsp3) is 0.417. The van der Waals surface area contributed by atoms with Crippen molar-refractivity contribution in [2.75, 3.05) is 33.3 Å². The first-order chi connectivity index (χ1) is 15.0. The van der Waals surface area contributed by atoms with E-state index in [0.29, 0.717) is 43.6 Å². The molecule has 31 heavy (non-hydrogen) atoms. The van der Waals surface area contributed by atoms with Crippen LogP contribution in [0.25, 0.3) is 0 Å². The molecule has 1 heterocycles. The number of rotatable bonds is 10. The van der Waals surface area contributed by atoms with Crippen molar-refractivity contribution in [3.05, 3.63) is 71.3 Å². The molecule has 4 N–H and O–H groups in total. The van der Waals surface area contributed by atoms with E-state index in [2.05, 4.69) is 5.32 Å². The first-order valence-corrected chi connectivity index (χ1v) is 10.6. The second kappa shape index (κ2) is 10.5. The highest BCUT2D eigenvalue weighted by Gasteiger charge is 2.41. The van der Waals surface area contributed by atoms with Gasteiger partial charge in [-0.1, -0.05) is 48.5 Å². The van der Waals surface area contributed by atoms with Crippen molar-refractivity contribution in [1.82, 2.24) is 10.2 Å². The summed E-state index contributed by atoms with van der Waals surface area (Å²) in [6.07, 6.45) is 1.26. The second-order valence-corrected chi connectivity index (χ2v) is 7.89. The van der Waals surface area contributed by atoms with Crippen molar-refractivity contribution in [2.45, 2.75) is 30.9 Å². The SMILES string of the molecule is COC(=O)C[C@H](NCCC1(O)CN(CCCN)C(=O)c2ccccc21)c1ccccc1. The van der Waals surface area contributed by atoms with Gasteiger partial charge in [-0.25, -0.2) is 0 Å². The molecular weight excluding hydrogens is 394 g/mol. The summed E-state index contributed by atoms with van der Waals surface area (Å²) in [6, 6.07) is 16.7. The van der Waals surface area contributed by atoms with Crippen molar-refractivity contribution in [2.24, 2.45) is 5.73 Å². The Hall–Kier alpha value is -2.74. The van der Waals surface area contributed by atoms with E-state index in [0.717, 1.165) is 5.56 Å². The zero-order chi connectivity index (χ0) is 22.3. The highest BCUT2D eigenvalue weighted by atomic mass is 16.5. The van der Waals surface area contributed by atoms with Crippen LogP contribution in [-0.2, 0) is 15.1 Å². The van der Waals surface area contributed by atoms with Gasteiger partial charge in [-0.3, -0.25) is 9.59 Å². The Labute approximate surface area is 183 Å². The molecule has 2 atom stereocenters. The van der Waals surface area contributed by atoms with Crippen LogP contribution in [0, 0.1) is 0 Å². The van der Waals surface area contributed by atoms with Crippen molar-refractivity contribution in [3.63, 3.8) is 0 Å². The molecule has 7 nitrogen and oxygen atoms in total. The molecule has 166 valence electrons. The van der Waals surface area contributed by atoms with Gasteiger partial charge >= 0.3 is 5.97 Å². The molecule has 7 heteroatoms. The molecule has 0 spiro atoms. The van der Waals surface area contributed by atoms with Gasteiger partial charge in [0.1, 0.15) is 5.60 Å². The third kappa shape index (κ3) is 5.50. The minimum Gasteiger partial charge on any atom is -0.469 e. The molecular formula is C24H31N3O4. The lowest BCUT2D eigenvalue weighted by molar-refractivity contribution is -0.141. The van der Waals surface area contributed by atoms with Crippen LogP contribution >= 0.6 is 0 Å². The highest BCUT2D eigenvalue weighted by Crippen LogP contribution is 2.34. The molecule has 0 radical (unpaired) electrons. The topological polar surface area (TPSA) is 105 Å². The molecule has 0 saturated carbocycles. The molecule has 1 aliphatic rings. The van der Waals surface area contributed by atoms with Crippen LogP contribution in [-0.4, -0.2) is 55.2 Å². The number of methoxy groups -OCH3 is 1. The standard InChI is InChI=1S/C24H31N3O4/c1-31-22(28)16-21(18-8-3-2-4-9-18)26-14-12-24(30)17-27(15-7-13-25)23(29)19-10-5-6-11-20(19)24/h2-6,8-11,21,26,30H,7,12-17,25H2,1H3/t21-,24?/m0/s1. The molecule has 0 fully saturated rings. The number of esters is 1. The number of amides is 1. The van der Waals surface area contributed by atoms with Crippen LogP contribution < -0.4 is 11.1 Å². The van der Waals surface area contributed by atoms with E-state index in [-0.39, 0.29) is 30.9 Å². The quantitative estimate of drug-likeness (QED) is 0.503. The minimum atomic E-state index is -1.18. The van der Waals surface area contributed by atoms with Crippen molar-refractivity contribution in [1.29, 1.82) is 0 Å². The van der Waals surface area contributed by atoms with Gasteiger partial charge in [0.15, 0.2) is 0 Å². The lowest BCUT2D eigenvalue weighted by Crippen LogP contribution is -2.51. The van der Waals surface area contributed by atoms with Gasteiger partial charge in [0, 0.05) is 18.2 Å². The van der Waals surface area contributed by atoms with Gasteiger partial charge in [0.05, 0.1) is 20.1 Å². The zero-order valence-electron chi connectivity index (χ0n) is 17.9. The van der Waals surface area contributed by atoms with Gasteiger partial charge in [-0.15, -0.1) is 0 Å². The Morgan fingerprint density at radius 2 is 1.94 bits per heavy atom. The average Bonchev–Trinajstić information content (AvgIpc) is 2.80. The second-order valence-electron chi connectivity index (χ2n) is 7.89. The van der Waals surface area contributed by atoms with Crippen molar-refractivity contribution < 1.29 is 19.4 Å². The highest BCUT2D eigenvalue weighted by molar-refractivity contribution is 5.97. The first-order valence-electron chi connectivity index (χ1n) is 10.6. The molecule has 2 aromatic rings. The number of carbonyl (C=O) groups is 2. The van der Waals surface area contributed by atoms with Gasteiger partial charge in [0.25, 0.3) is 5.91 Å². The van der Waals surface area contributed by atoms with Crippen molar-refractivity contribution >= 4 is 11.9 Å². The van der Waals surface area contributed by atoms with Crippen LogP contribution in [0.2, 0.25) is 0 Å². The van der Waals surface area contributed by atoms with E-state index in [4.69, 9.17) is 10.5 Å². The van der Waals surface area contributed by atoms with E-state index < -0.39 is 5.60 Å². The molecule has 1 aliphatic heterocycles. The van der Waals surface area contributed by atoms with Crippen molar-refractivity contribution in [3.8, 4) is 0 Å². The number of hydrogen-bond acceptors (Lipinski definition) is 6. The fourth-order valence-electron chi connectivity index (χ4n) is 4.09. The number of β-amino-alcohol motifs (C(OH)–C–C–N with tert-alkyl or cyclic N) is 1. The largest absolute Gasteiger partial charge is 0.469 e. The fourth-order valence-corrected chi connectivity index (χ4v) is 4.09. The predicted octanol–water partition coefficient (Wildman–Crippen LogP) is 1.96. The summed E-state index contributed by atoms with van der Waals surface area (Å²) in [6.45, 7) is 1.67. The monoisotopic (exact) mass is 425 g/mol. The van der Waals surface area contributed by atoms with Crippen LogP contribution in [0.3, 0.4) is 0 Å². The Morgan fingerprint density at radius 1 is 1.23 bits per heavy atom. The lowest BCUT2D eigenvalue weighted by Gasteiger charge is -2.41. The molecule has 0 bridgehead atoms. The third-order valence-corrected chi connectivity index (χ3v) is 5.76. The van der Waals surface area contributed by atoms with E-state index >= 15 is 0 Å². The molecule has 3 rings (SSSR count). The van der Waals surface area contributed by atoms with Crippen LogP contribution in [0.15, 0.2) is 54.6 Å². The van der Waals surface area contributed by atoms with Crippen LogP contribution in [0.4, 0.5) is 0 Å². The number of hydrogen-bond donors (Lipinski definition) is 3. The Kier molecular flexibility index (Phi) is 7.79. The number of aliphatic hydroxyl groups is 1. The van der Waals surface area contributed by atoms with Gasteiger partial charge < -0.3 is 25.8 Å². The van der Waals surface area contributed by atoms with Crippen LogP contribution in [0.5, 0.6) is 0 Å². The lowest BCUT2D eigenvalue weighted by atomic mass is 9.82. The summed E-state index contributed by atoms with van der Waals surface area (Å²) < 4.78 is 4.85. The number of fused-ring (bicyclic) bond motifs is 1.